The van der Waals surface area contributed by atoms with E-state index in [1.54, 1.807) is 4.68 Å². The van der Waals surface area contributed by atoms with Crippen LogP contribution >= 0.6 is 11.6 Å². The lowest BCUT2D eigenvalue weighted by Crippen LogP contribution is -2.49. The van der Waals surface area contributed by atoms with Gasteiger partial charge in [-0.1, -0.05) is 11.6 Å². The molecule has 8 nitrogen and oxygen atoms in total. The SMILES string of the molecule is Cc1nn(C2CCS(=O)(=O)C2)c(C)c1N1CCN(S(=O)(=O)c2ccc(F)c(Cl)c2)CC1. The molecule has 1 atom stereocenters. The number of aromatic nitrogens is 2. The first-order valence-corrected chi connectivity index (χ1v) is 13.6. The largest absolute Gasteiger partial charge is 0.366 e. The molecule has 2 aliphatic heterocycles. The number of sulfonamides is 1. The molecule has 3 heterocycles. The first kappa shape index (κ1) is 22.5. The number of hydrogen-bond donors (Lipinski definition) is 0. The van der Waals surface area contributed by atoms with Crippen molar-refractivity contribution in [1.82, 2.24) is 14.1 Å². The number of sulfone groups is 1. The molecule has 0 radical (unpaired) electrons. The highest BCUT2D eigenvalue weighted by Crippen LogP contribution is 2.32. The molecule has 1 aromatic heterocycles. The van der Waals surface area contributed by atoms with E-state index in [4.69, 9.17) is 11.6 Å². The molecule has 12 heteroatoms. The summed E-state index contributed by atoms with van der Waals surface area (Å²) >= 11 is 5.76. The second-order valence-electron chi connectivity index (χ2n) is 7.99. The van der Waals surface area contributed by atoms with E-state index in [0.29, 0.717) is 19.5 Å². The van der Waals surface area contributed by atoms with Gasteiger partial charge in [0.2, 0.25) is 10.0 Å². The average molecular weight is 491 g/mol. The van der Waals surface area contributed by atoms with Gasteiger partial charge in [0.05, 0.1) is 44.5 Å². The summed E-state index contributed by atoms with van der Waals surface area (Å²) in [5, 5.41) is 4.37. The number of nitrogens with zero attached hydrogens (tertiary/aromatic N) is 4. The smallest absolute Gasteiger partial charge is 0.243 e. The molecule has 2 fully saturated rings. The molecule has 2 aromatic rings. The highest BCUT2D eigenvalue weighted by molar-refractivity contribution is 7.91. The van der Waals surface area contributed by atoms with Crippen molar-refractivity contribution in [2.24, 2.45) is 0 Å². The minimum absolute atomic E-state index is 0.0324. The van der Waals surface area contributed by atoms with Gasteiger partial charge >= 0.3 is 0 Å². The van der Waals surface area contributed by atoms with Crippen molar-refractivity contribution in [3.8, 4) is 0 Å². The molecule has 31 heavy (non-hydrogen) atoms. The van der Waals surface area contributed by atoms with E-state index < -0.39 is 25.7 Å². The van der Waals surface area contributed by atoms with Crippen LogP contribution in [0.15, 0.2) is 23.1 Å². The summed E-state index contributed by atoms with van der Waals surface area (Å²) in [6.45, 7) is 5.25. The van der Waals surface area contributed by atoms with Crippen molar-refractivity contribution >= 4 is 37.1 Å². The van der Waals surface area contributed by atoms with E-state index in [1.807, 2.05) is 13.8 Å². The van der Waals surface area contributed by atoms with E-state index >= 15 is 0 Å². The third kappa shape index (κ3) is 4.20. The Morgan fingerprint density at radius 3 is 2.42 bits per heavy atom. The van der Waals surface area contributed by atoms with Crippen molar-refractivity contribution in [1.29, 1.82) is 0 Å². The molecular weight excluding hydrogens is 467 g/mol. The van der Waals surface area contributed by atoms with Gasteiger partial charge in [0.1, 0.15) is 5.82 Å². The van der Waals surface area contributed by atoms with Crippen LogP contribution < -0.4 is 4.90 Å². The summed E-state index contributed by atoms with van der Waals surface area (Å²) in [5.41, 5.74) is 2.61. The van der Waals surface area contributed by atoms with Gasteiger partial charge in [-0.05, 0) is 38.5 Å². The number of halogens is 2. The second kappa shape index (κ2) is 8.02. The zero-order valence-electron chi connectivity index (χ0n) is 17.3. The van der Waals surface area contributed by atoms with Crippen LogP contribution in [0.2, 0.25) is 5.02 Å². The molecule has 1 unspecified atom stereocenters. The maximum Gasteiger partial charge on any atom is 0.243 e. The van der Waals surface area contributed by atoms with Crippen molar-refractivity contribution in [3.63, 3.8) is 0 Å². The molecule has 0 N–H and O–H groups in total. The Bertz CT molecular complexity index is 1220. The summed E-state index contributed by atoms with van der Waals surface area (Å²) in [5.74, 6) is -0.390. The first-order chi connectivity index (χ1) is 14.5. The highest BCUT2D eigenvalue weighted by Gasteiger charge is 2.34. The van der Waals surface area contributed by atoms with Gasteiger partial charge in [-0.3, -0.25) is 4.68 Å². The second-order valence-corrected chi connectivity index (χ2v) is 12.6. The normalized spacial score (nSPS) is 22.2. The lowest BCUT2D eigenvalue weighted by atomic mass is 10.2. The number of piperazine rings is 1. The van der Waals surface area contributed by atoms with E-state index in [-0.39, 0.29) is 40.6 Å². The predicted octanol–water partition coefficient (Wildman–Crippen LogP) is 2.16. The molecule has 1 aromatic carbocycles. The van der Waals surface area contributed by atoms with E-state index in [0.717, 1.165) is 29.2 Å². The molecule has 0 amide bonds. The Morgan fingerprint density at radius 2 is 1.84 bits per heavy atom. The maximum absolute atomic E-state index is 13.4. The summed E-state index contributed by atoms with van der Waals surface area (Å²) in [6.07, 6.45) is 0.552. The first-order valence-electron chi connectivity index (χ1n) is 9.96. The molecular formula is C19H24ClFN4O4S2. The van der Waals surface area contributed by atoms with Gasteiger partial charge in [0.15, 0.2) is 9.84 Å². The lowest BCUT2D eigenvalue weighted by molar-refractivity contribution is 0.384. The third-order valence-corrected chi connectivity index (χ3v) is 9.86. The Hall–Kier alpha value is -1.69. The standard InChI is InChI=1S/C19H24ClFN4O4S2/c1-13-19(14(2)25(22-13)15-5-10-30(26,27)12-15)23-6-8-24(9-7-23)31(28,29)16-3-4-18(21)17(20)11-16/h3-4,11,15H,5-10,12H2,1-2H3. The summed E-state index contributed by atoms with van der Waals surface area (Å²) in [6, 6.07) is 3.24. The summed E-state index contributed by atoms with van der Waals surface area (Å²) in [4.78, 5) is 2.05. The summed E-state index contributed by atoms with van der Waals surface area (Å²) in [7, 11) is -6.81. The Kier molecular flexibility index (Phi) is 5.82. The van der Waals surface area contributed by atoms with Crippen LogP contribution in [-0.4, -0.2) is 68.6 Å². The van der Waals surface area contributed by atoms with Gasteiger partial charge in [-0.25, -0.2) is 21.2 Å². The van der Waals surface area contributed by atoms with Crippen molar-refractivity contribution in [2.45, 2.75) is 31.2 Å². The zero-order chi connectivity index (χ0) is 22.6. The number of aryl methyl sites for hydroxylation is 1. The number of anilines is 1. The van der Waals surface area contributed by atoms with Crippen LogP contribution in [-0.2, 0) is 19.9 Å². The lowest BCUT2D eigenvalue weighted by Gasteiger charge is -2.35. The van der Waals surface area contributed by atoms with E-state index in [1.165, 1.54) is 10.4 Å². The number of benzene rings is 1. The fourth-order valence-corrected chi connectivity index (χ4v) is 7.76. The van der Waals surface area contributed by atoms with Crippen LogP contribution in [0.3, 0.4) is 0 Å². The van der Waals surface area contributed by atoms with Crippen LogP contribution in [0, 0.1) is 19.7 Å². The summed E-state index contributed by atoms with van der Waals surface area (Å²) < 4.78 is 66.1. The molecule has 2 saturated heterocycles. The quantitative estimate of drug-likeness (QED) is 0.652. The van der Waals surface area contributed by atoms with Crippen molar-refractivity contribution in [3.05, 3.63) is 40.4 Å². The van der Waals surface area contributed by atoms with Crippen LogP contribution in [0.25, 0.3) is 0 Å². The molecule has 0 bridgehead atoms. The van der Waals surface area contributed by atoms with E-state index in [2.05, 4.69) is 10.00 Å². The Labute approximate surface area is 186 Å². The van der Waals surface area contributed by atoms with Gasteiger partial charge in [-0.15, -0.1) is 0 Å². The van der Waals surface area contributed by atoms with Gasteiger partial charge < -0.3 is 4.90 Å². The topological polar surface area (TPSA) is 92.6 Å². The van der Waals surface area contributed by atoms with Crippen LogP contribution in [0.4, 0.5) is 10.1 Å². The maximum atomic E-state index is 13.4. The van der Waals surface area contributed by atoms with Gasteiger partial charge in [0, 0.05) is 26.2 Å². The fourth-order valence-electron chi connectivity index (χ4n) is 4.37. The molecule has 170 valence electrons. The average Bonchev–Trinajstić information content (AvgIpc) is 3.22. The molecule has 2 aliphatic rings. The fraction of sp³-hybridized carbons (Fsp3) is 0.526. The Balaban J connectivity index is 1.51. The van der Waals surface area contributed by atoms with Gasteiger partial charge in [0.25, 0.3) is 0 Å². The monoisotopic (exact) mass is 490 g/mol. The number of hydrogen-bond acceptors (Lipinski definition) is 6. The minimum atomic E-state index is -3.78. The molecule has 0 aliphatic carbocycles. The predicted molar refractivity (Wildman–Crippen MR) is 116 cm³/mol. The zero-order valence-corrected chi connectivity index (χ0v) is 19.6. The van der Waals surface area contributed by atoms with Crippen LogP contribution in [0.1, 0.15) is 23.9 Å². The van der Waals surface area contributed by atoms with Crippen LogP contribution in [0.5, 0.6) is 0 Å². The van der Waals surface area contributed by atoms with Gasteiger partial charge in [-0.2, -0.15) is 9.40 Å². The molecule has 0 saturated carbocycles. The Morgan fingerprint density at radius 1 is 1.16 bits per heavy atom. The van der Waals surface area contributed by atoms with Crippen molar-refractivity contribution in [2.75, 3.05) is 42.6 Å². The third-order valence-electron chi connectivity index (χ3n) is 5.92. The number of rotatable bonds is 4. The highest BCUT2D eigenvalue weighted by atomic mass is 35.5. The molecule has 4 rings (SSSR count). The van der Waals surface area contributed by atoms with E-state index in [9.17, 15) is 21.2 Å². The van der Waals surface area contributed by atoms with Crippen molar-refractivity contribution < 1.29 is 21.2 Å². The molecule has 0 spiro atoms. The minimum Gasteiger partial charge on any atom is -0.366 e.